The van der Waals surface area contributed by atoms with Gasteiger partial charge in [0.2, 0.25) is 0 Å². The summed E-state index contributed by atoms with van der Waals surface area (Å²) in [7, 11) is 0. The monoisotopic (exact) mass is 440 g/mol. The number of rotatable bonds is 6. The second-order valence-electron chi connectivity index (χ2n) is 6.77. The Labute approximate surface area is 183 Å². The molecule has 0 radical (unpaired) electrons. The van der Waals surface area contributed by atoms with Crippen molar-refractivity contribution in [2.24, 2.45) is 0 Å². The maximum Gasteiger partial charge on any atom is 0.341 e. The number of halogens is 1. The summed E-state index contributed by atoms with van der Waals surface area (Å²) in [5.41, 5.74) is 2.18. The van der Waals surface area contributed by atoms with Crippen LogP contribution in [0.25, 0.3) is 0 Å². The molecule has 0 aliphatic heterocycles. The van der Waals surface area contributed by atoms with Crippen LogP contribution in [0.5, 0.6) is 0 Å². The van der Waals surface area contributed by atoms with Gasteiger partial charge in [-0.05, 0) is 62.2 Å². The number of thiophene rings is 1. The fraction of sp³-hybridized carbons (Fsp3) is 0.174. The summed E-state index contributed by atoms with van der Waals surface area (Å²) in [6.45, 7) is 5.32. The summed E-state index contributed by atoms with van der Waals surface area (Å²) in [5, 5.41) is 5.58. The number of hydrogen-bond donors (Lipinski definition) is 2. The average molecular weight is 440 g/mol. The van der Waals surface area contributed by atoms with Crippen LogP contribution in [0, 0.1) is 19.7 Å². The van der Waals surface area contributed by atoms with Crippen LogP contribution < -0.4 is 10.6 Å². The van der Waals surface area contributed by atoms with E-state index in [1.807, 2.05) is 25.1 Å². The van der Waals surface area contributed by atoms with E-state index in [1.165, 1.54) is 18.2 Å². The molecule has 160 valence electrons. The number of carbonyl (C=O) groups is 3. The average Bonchev–Trinajstić information content (AvgIpc) is 3.04. The summed E-state index contributed by atoms with van der Waals surface area (Å²) in [5.74, 6) is -2.22. The van der Waals surface area contributed by atoms with Gasteiger partial charge in [0.25, 0.3) is 11.8 Å². The third-order valence-corrected chi connectivity index (χ3v) is 5.63. The normalized spacial score (nSPS) is 10.5. The Morgan fingerprint density at radius 1 is 1.00 bits per heavy atom. The molecule has 2 amide bonds. The number of ether oxygens (including phenoxy) is 1. The predicted molar refractivity (Wildman–Crippen MR) is 118 cm³/mol. The van der Waals surface area contributed by atoms with E-state index in [4.69, 9.17) is 4.74 Å². The zero-order valence-corrected chi connectivity index (χ0v) is 18.1. The van der Waals surface area contributed by atoms with Gasteiger partial charge in [0.1, 0.15) is 10.8 Å². The lowest BCUT2D eigenvalue weighted by atomic mass is 10.1. The van der Waals surface area contributed by atoms with Crippen molar-refractivity contribution in [3.05, 3.63) is 81.5 Å². The highest BCUT2D eigenvalue weighted by molar-refractivity contribution is 7.19. The van der Waals surface area contributed by atoms with Crippen molar-refractivity contribution < 1.29 is 23.5 Å². The van der Waals surface area contributed by atoms with Crippen molar-refractivity contribution in [1.82, 2.24) is 0 Å². The van der Waals surface area contributed by atoms with Crippen LogP contribution in [-0.2, 0) is 4.74 Å². The highest BCUT2D eigenvalue weighted by Crippen LogP contribution is 2.34. The van der Waals surface area contributed by atoms with Gasteiger partial charge in [0.05, 0.1) is 17.0 Å². The Balaban J connectivity index is 1.95. The molecule has 8 heteroatoms. The van der Waals surface area contributed by atoms with Gasteiger partial charge in [-0.1, -0.05) is 18.2 Å². The topological polar surface area (TPSA) is 84.5 Å². The SMILES string of the molecule is CCOC(=O)c1c(NC(=O)c2cccc(F)c2)sc(C(=O)Nc2cccc(C)c2)c1C. The maximum atomic E-state index is 13.5. The van der Waals surface area contributed by atoms with Crippen molar-refractivity contribution in [2.75, 3.05) is 17.2 Å². The van der Waals surface area contributed by atoms with E-state index in [0.29, 0.717) is 11.3 Å². The highest BCUT2D eigenvalue weighted by atomic mass is 32.1. The van der Waals surface area contributed by atoms with Gasteiger partial charge in [0, 0.05) is 11.3 Å². The third-order valence-electron chi connectivity index (χ3n) is 4.42. The summed E-state index contributed by atoms with van der Waals surface area (Å²) < 4.78 is 18.6. The molecular weight excluding hydrogens is 419 g/mol. The van der Waals surface area contributed by atoms with Gasteiger partial charge < -0.3 is 15.4 Å². The quantitative estimate of drug-likeness (QED) is 0.517. The van der Waals surface area contributed by atoms with Crippen molar-refractivity contribution >= 4 is 39.8 Å². The number of amides is 2. The van der Waals surface area contributed by atoms with Crippen LogP contribution in [0.1, 0.15) is 48.4 Å². The zero-order chi connectivity index (χ0) is 22.5. The van der Waals surface area contributed by atoms with E-state index in [9.17, 15) is 18.8 Å². The Hall–Kier alpha value is -3.52. The fourth-order valence-corrected chi connectivity index (χ4v) is 4.07. The minimum absolute atomic E-state index is 0.0895. The molecule has 0 unspecified atom stereocenters. The molecule has 0 aliphatic carbocycles. The largest absolute Gasteiger partial charge is 0.462 e. The molecule has 0 saturated carbocycles. The second-order valence-corrected chi connectivity index (χ2v) is 7.79. The van der Waals surface area contributed by atoms with Gasteiger partial charge in [-0.15, -0.1) is 11.3 Å². The molecule has 1 aromatic heterocycles. The molecule has 0 aliphatic rings. The molecule has 0 fully saturated rings. The number of hydrogen-bond acceptors (Lipinski definition) is 5. The molecule has 0 bridgehead atoms. The smallest absolute Gasteiger partial charge is 0.341 e. The van der Waals surface area contributed by atoms with Crippen LogP contribution in [0.15, 0.2) is 48.5 Å². The minimum atomic E-state index is -0.652. The van der Waals surface area contributed by atoms with E-state index >= 15 is 0 Å². The van der Waals surface area contributed by atoms with Crippen LogP contribution in [0.4, 0.5) is 15.1 Å². The molecule has 1 heterocycles. The molecule has 2 N–H and O–H groups in total. The van der Waals surface area contributed by atoms with Gasteiger partial charge in [0.15, 0.2) is 0 Å². The van der Waals surface area contributed by atoms with E-state index in [-0.39, 0.29) is 27.6 Å². The third kappa shape index (κ3) is 5.16. The molecule has 0 spiro atoms. The first-order valence-corrected chi connectivity index (χ1v) is 10.4. The standard InChI is InChI=1S/C23H21FN2O4S/c1-4-30-23(29)18-14(3)19(21(28)25-17-10-5-7-13(2)11-17)31-22(18)26-20(27)15-8-6-9-16(24)12-15/h5-12H,4H2,1-3H3,(H,25,28)(H,26,27). The molecule has 3 rings (SSSR count). The van der Waals surface area contributed by atoms with Crippen LogP contribution in [-0.4, -0.2) is 24.4 Å². The number of benzene rings is 2. The van der Waals surface area contributed by atoms with E-state index in [2.05, 4.69) is 10.6 Å². The van der Waals surface area contributed by atoms with Gasteiger partial charge in [-0.3, -0.25) is 9.59 Å². The van der Waals surface area contributed by atoms with Crippen molar-refractivity contribution in [3.8, 4) is 0 Å². The fourth-order valence-electron chi connectivity index (χ4n) is 2.98. The zero-order valence-electron chi connectivity index (χ0n) is 17.2. The molecule has 0 saturated heterocycles. The number of nitrogens with one attached hydrogen (secondary N) is 2. The highest BCUT2D eigenvalue weighted by Gasteiger charge is 2.27. The molecule has 3 aromatic rings. The van der Waals surface area contributed by atoms with Crippen LogP contribution in [0.2, 0.25) is 0 Å². The van der Waals surface area contributed by atoms with E-state index in [1.54, 1.807) is 19.9 Å². The summed E-state index contributed by atoms with van der Waals surface area (Å²) >= 11 is 0.960. The maximum absolute atomic E-state index is 13.5. The summed E-state index contributed by atoms with van der Waals surface area (Å²) in [6, 6.07) is 12.5. The lowest BCUT2D eigenvalue weighted by Gasteiger charge is -2.07. The molecule has 31 heavy (non-hydrogen) atoms. The lowest BCUT2D eigenvalue weighted by Crippen LogP contribution is -2.15. The van der Waals surface area contributed by atoms with E-state index < -0.39 is 23.6 Å². The van der Waals surface area contributed by atoms with Crippen molar-refractivity contribution in [3.63, 3.8) is 0 Å². The van der Waals surface area contributed by atoms with Crippen molar-refractivity contribution in [2.45, 2.75) is 20.8 Å². The van der Waals surface area contributed by atoms with Crippen LogP contribution in [0.3, 0.4) is 0 Å². The first-order valence-electron chi connectivity index (χ1n) is 9.55. The number of aryl methyl sites for hydroxylation is 1. The molecule has 6 nitrogen and oxygen atoms in total. The molecular formula is C23H21FN2O4S. The number of carbonyl (C=O) groups excluding carboxylic acids is 3. The van der Waals surface area contributed by atoms with Crippen LogP contribution >= 0.6 is 11.3 Å². The van der Waals surface area contributed by atoms with Gasteiger partial charge in [-0.25, -0.2) is 9.18 Å². The van der Waals surface area contributed by atoms with Crippen molar-refractivity contribution in [1.29, 1.82) is 0 Å². The minimum Gasteiger partial charge on any atom is -0.462 e. The Morgan fingerprint density at radius 2 is 1.74 bits per heavy atom. The summed E-state index contributed by atoms with van der Waals surface area (Å²) in [4.78, 5) is 38.3. The first-order chi connectivity index (χ1) is 14.8. The van der Waals surface area contributed by atoms with Gasteiger partial charge in [-0.2, -0.15) is 0 Å². The Kier molecular flexibility index (Phi) is 6.81. The second kappa shape index (κ2) is 9.53. The summed E-state index contributed by atoms with van der Waals surface area (Å²) in [6.07, 6.45) is 0. The molecule has 0 atom stereocenters. The first kappa shape index (κ1) is 22.2. The molecule has 2 aromatic carbocycles. The number of anilines is 2. The Morgan fingerprint density at radius 3 is 2.42 bits per heavy atom. The van der Waals surface area contributed by atoms with Gasteiger partial charge >= 0.3 is 5.97 Å². The predicted octanol–water partition coefficient (Wildman–Crippen LogP) is 5.19. The Bertz CT molecular complexity index is 1160. The lowest BCUT2D eigenvalue weighted by molar-refractivity contribution is 0.0527. The number of esters is 1. The van der Waals surface area contributed by atoms with E-state index in [0.717, 1.165) is 23.0 Å².